The minimum absolute atomic E-state index is 0.000555. The van der Waals surface area contributed by atoms with Crippen molar-refractivity contribution in [2.75, 3.05) is 31.1 Å². The van der Waals surface area contributed by atoms with E-state index in [4.69, 9.17) is 14.7 Å². The van der Waals surface area contributed by atoms with Gasteiger partial charge in [0, 0.05) is 37.0 Å². The van der Waals surface area contributed by atoms with Gasteiger partial charge in [-0.05, 0) is 52.0 Å². The molecule has 1 aromatic heterocycles. The molecular weight excluding hydrogens is 392 g/mol. The Labute approximate surface area is 183 Å². The first kappa shape index (κ1) is 21.5. The van der Waals surface area contributed by atoms with Crippen molar-refractivity contribution in [3.8, 4) is 0 Å². The number of amides is 1. The lowest BCUT2D eigenvalue weighted by molar-refractivity contribution is -0.148. The number of carbonyl (C=O) groups is 2. The number of benzene rings is 1. The molecule has 31 heavy (non-hydrogen) atoms. The Bertz CT molecular complexity index is 940. The van der Waals surface area contributed by atoms with Gasteiger partial charge in [0.15, 0.2) is 0 Å². The molecule has 0 aliphatic carbocycles. The molecule has 166 valence electrons. The number of hydrogen-bond acceptors (Lipinski definition) is 6. The van der Waals surface area contributed by atoms with Crippen molar-refractivity contribution in [1.29, 1.82) is 0 Å². The maximum atomic E-state index is 13.3. The third-order valence-electron chi connectivity index (χ3n) is 6.53. The van der Waals surface area contributed by atoms with Crippen LogP contribution in [0.2, 0.25) is 0 Å². The van der Waals surface area contributed by atoms with Gasteiger partial charge >= 0.3 is 5.97 Å². The van der Waals surface area contributed by atoms with Gasteiger partial charge in [0.05, 0.1) is 24.2 Å². The van der Waals surface area contributed by atoms with Crippen LogP contribution >= 0.6 is 0 Å². The average Bonchev–Trinajstić information content (AvgIpc) is 2.79. The number of piperidine rings is 2. The highest BCUT2D eigenvalue weighted by Crippen LogP contribution is 2.28. The topological polar surface area (TPSA) is 75.6 Å². The third-order valence-corrected chi connectivity index (χ3v) is 6.53. The lowest BCUT2D eigenvalue weighted by atomic mass is 9.92. The maximum absolute atomic E-state index is 13.3. The molecule has 2 aromatic rings. The summed E-state index contributed by atoms with van der Waals surface area (Å²) in [5.74, 6) is 0.746. The van der Waals surface area contributed by atoms with Crippen molar-refractivity contribution < 1.29 is 14.3 Å². The van der Waals surface area contributed by atoms with E-state index in [-0.39, 0.29) is 23.8 Å². The van der Waals surface area contributed by atoms with Gasteiger partial charge < -0.3 is 14.5 Å². The Hall–Kier alpha value is -2.70. The summed E-state index contributed by atoms with van der Waals surface area (Å²) in [5.41, 5.74) is 1.94. The summed E-state index contributed by atoms with van der Waals surface area (Å²) < 4.78 is 5.12. The van der Waals surface area contributed by atoms with E-state index in [9.17, 15) is 9.59 Å². The number of rotatable bonds is 5. The molecule has 4 rings (SSSR count). The van der Waals surface area contributed by atoms with Crippen LogP contribution in [0.1, 0.15) is 51.1 Å². The fourth-order valence-corrected chi connectivity index (χ4v) is 4.84. The molecule has 7 nitrogen and oxygen atoms in total. The highest BCUT2D eigenvalue weighted by Gasteiger charge is 2.35. The summed E-state index contributed by atoms with van der Waals surface area (Å²) in [6, 6.07) is 8.04. The Balaban J connectivity index is 1.40. The molecule has 1 unspecified atom stereocenters. The van der Waals surface area contributed by atoms with Crippen LogP contribution in [0.5, 0.6) is 0 Å². The van der Waals surface area contributed by atoms with Crippen LogP contribution in [0.3, 0.4) is 0 Å². The van der Waals surface area contributed by atoms with Crippen LogP contribution < -0.4 is 4.90 Å². The first-order valence-electron chi connectivity index (χ1n) is 11.5. The molecule has 0 N–H and O–H groups in total. The number of likely N-dealkylation sites (tertiary alicyclic amines) is 1. The predicted octanol–water partition coefficient (Wildman–Crippen LogP) is 3.49. The van der Waals surface area contributed by atoms with Crippen molar-refractivity contribution in [2.24, 2.45) is 5.92 Å². The van der Waals surface area contributed by atoms with E-state index in [1.165, 1.54) is 0 Å². The van der Waals surface area contributed by atoms with Gasteiger partial charge in [-0.1, -0.05) is 18.2 Å². The number of aromatic nitrogens is 2. The zero-order valence-electron chi connectivity index (χ0n) is 18.5. The summed E-state index contributed by atoms with van der Waals surface area (Å²) in [5, 5.41) is 1.08. The molecule has 2 aliphatic heterocycles. The second kappa shape index (κ2) is 9.62. The standard InChI is InChI=1S/C24H32N4O3/c1-3-31-22(29)16-19-8-6-7-13-28(19)23(30)18-11-14-27(15-12-18)24-25-17(2)20-9-4-5-10-21(20)26-24/h4-5,9-10,18-19H,3,6-8,11-16H2,1-2H3. The molecule has 1 atom stereocenters. The van der Waals surface area contributed by atoms with Gasteiger partial charge in [0.1, 0.15) is 0 Å². The number of hydrogen-bond donors (Lipinski definition) is 0. The van der Waals surface area contributed by atoms with E-state index in [2.05, 4.69) is 4.90 Å². The summed E-state index contributed by atoms with van der Waals surface area (Å²) in [7, 11) is 0. The number of aryl methyl sites for hydroxylation is 1. The van der Waals surface area contributed by atoms with Crippen LogP contribution in [0.25, 0.3) is 10.9 Å². The molecule has 3 heterocycles. The Morgan fingerprint density at radius 3 is 2.61 bits per heavy atom. The molecule has 1 aromatic carbocycles. The van der Waals surface area contributed by atoms with Gasteiger partial charge in [-0.3, -0.25) is 9.59 Å². The fourth-order valence-electron chi connectivity index (χ4n) is 4.84. The van der Waals surface area contributed by atoms with Crippen molar-refractivity contribution in [2.45, 2.75) is 58.4 Å². The highest BCUT2D eigenvalue weighted by atomic mass is 16.5. The Kier molecular flexibility index (Phi) is 6.68. The van der Waals surface area contributed by atoms with E-state index in [1.807, 2.05) is 43.0 Å². The lowest BCUT2D eigenvalue weighted by Gasteiger charge is -2.39. The lowest BCUT2D eigenvalue weighted by Crippen LogP contribution is -2.49. The summed E-state index contributed by atoms with van der Waals surface area (Å²) in [4.78, 5) is 38.9. The summed E-state index contributed by atoms with van der Waals surface area (Å²) in [6.07, 6.45) is 4.84. The van der Waals surface area contributed by atoms with Crippen molar-refractivity contribution in [3.63, 3.8) is 0 Å². The second-order valence-corrected chi connectivity index (χ2v) is 8.58. The van der Waals surface area contributed by atoms with Crippen LogP contribution in [0.4, 0.5) is 5.95 Å². The van der Waals surface area contributed by atoms with E-state index in [0.717, 1.165) is 74.3 Å². The molecule has 2 aliphatic rings. The Morgan fingerprint density at radius 2 is 1.84 bits per heavy atom. The van der Waals surface area contributed by atoms with Gasteiger partial charge in [0.25, 0.3) is 0 Å². The number of anilines is 1. The molecule has 0 saturated carbocycles. The SMILES string of the molecule is CCOC(=O)CC1CCCCN1C(=O)C1CCN(c2nc(C)c3ccccc3n2)CC1. The quantitative estimate of drug-likeness (QED) is 0.684. The van der Waals surface area contributed by atoms with E-state index in [1.54, 1.807) is 0 Å². The molecule has 2 fully saturated rings. The number of para-hydroxylation sites is 1. The second-order valence-electron chi connectivity index (χ2n) is 8.58. The number of esters is 1. The van der Waals surface area contributed by atoms with Crippen LogP contribution in [-0.4, -0.2) is 59.0 Å². The number of ether oxygens (including phenoxy) is 1. The molecule has 0 spiro atoms. The largest absolute Gasteiger partial charge is 0.466 e. The minimum atomic E-state index is -0.203. The molecule has 2 saturated heterocycles. The molecule has 0 bridgehead atoms. The zero-order chi connectivity index (χ0) is 21.8. The summed E-state index contributed by atoms with van der Waals surface area (Å²) >= 11 is 0. The van der Waals surface area contributed by atoms with Gasteiger partial charge in [0.2, 0.25) is 11.9 Å². The van der Waals surface area contributed by atoms with Crippen molar-refractivity contribution in [3.05, 3.63) is 30.0 Å². The van der Waals surface area contributed by atoms with Crippen molar-refractivity contribution in [1.82, 2.24) is 14.9 Å². The Morgan fingerprint density at radius 1 is 1.06 bits per heavy atom. The molecule has 0 radical (unpaired) electrons. The molecule has 7 heteroatoms. The van der Waals surface area contributed by atoms with Crippen LogP contribution in [0, 0.1) is 12.8 Å². The van der Waals surface area contributed by atoms with E-state index in [0.29, 0.717) is 13.0 Å². The smallest absolute Gasteiger partial charge is 0.307 e. The number of carbonyl (C=O) groups excluding carboxylic acids is 2. The normalized spacial score (nSPS) is 20.1. The fraction of sp³-hybridized carbons (Fsp3) is 0.583. The molecule has 1 amide bonds. The van der Waals surface area contributed by atoms with Crippen LogP contribution in [-0.2, 0) is 14.3 Å². The molecular formula is C24H32N4O3. The first-order valence-corrected chi connectivity index (χ1v) is 11.5. The predicted molar refractivity (Wildman–Crippen MR) is 120 cm³/mol. The van der Waals surface area contributed by atoms with Crippen molar-refractivity contribution >= 4 is 28.7 Å². The van der Waals surface area contributed by atoms with Crippen LogP contribution in [0.15, 0.2) is 24.3 Å². The minimum Gasteiger partial charge on any atom is -0.466 e. The first-order chi connectivity index (χ1) is 15.1. The van der Waals surface area contributed by atoms with Gasteiger partial charge in [-0.2, -0.15) is 0 Å². The maximum Gasteiger partial charge on any atom is 0.307 e. The number of nitrogens with zero attached hydrogens (tertiary/aromatic N) is 4. The number of fused-ring (bicyclic) bond motifs is 1. The zero-order valence-corrected chi connectivity index (χ0v) is 18.5. The highest BCUT2D eigenvalue weighted by molar-refractivity contribution is 5.82. The van der Waals surface area contributed by atoms with E-state index < -0.39 is 0 Å². The van der Waals surface area contributed by atoms with E-state index >= 15 is 0 Å². The third kappa shape index (κ3) is 4.81. The summed E-state index contributed by atoms with van der Waals surface area (Å²) in [6.45, 7) is 6.50. The monoisotopic (exact) mass is 424 g/mol. The van der Waals surface area contributed by atoms with Gasteiger partial charge in [-0.15, -0.1) is 0 Å². The average molecular weight is 425 g/mol. The van der Waals surface area contributed by atoms with Gasteiger partial charge in [-0.25, -0.2) is 9.97 Å².